The van der Waals surface area contributed by atoms with E-state index in [2.05, 4.69) is 106 Å². The number of hydrogen-bond acceptors (Lipinski definition) is 4. The van der Waals surface area contributed by atoms with Crippen LogP contribution in [0.1, 0.15) is 65.4 Å². The molecule has 3 aromatic carbocycles. The fourth-order valence-corrected chi connectivity index (χ4v) is 10.4. The van der Waals surface area contributed by atoms with Crippen molar-refractivity contribution in [2.24, 2.45) is 0 Å². The van der Waals surface area contributed by atoms with Crippen LogP contribution in [0.5, 0.6) is 0 Å². The van der Waals surface area contributed by atoms with E-state index < -0.39 is 8.32 Å². The molecule has 0 spiro atoms. The zero-order chi connectivity index (χ0) is 28.4. The van der Waals surface area contributed by atoms with Gasteiger partial charge in [0, 0.05) is 12.8 Å². The van der Waals surface area contributed by atoms with Gasteiger partial charge in [-0.05, 0) is 47.2 Å². The largest absolute Gasteiger partial charge is 0.463 e. The molecule has 0 N–H and O–H groups in total. The van der Waals surface area contributed by atoms with Gasteiger partial charge in [-0.25, -0.2) is 0 Å². The number of esters is 1. The van der Waals surface area contributed by atoms with Crippen LogP contribution in [-0.2, 0) is 25.3 Å². The monoisotopic (exact) mass is 556 g/mol. The summed E-state index contributed by atoms with van der Waals surface area (Å²) in [5, 5.41) is 2.38. The fourth-order valence-electron chi connectivity index (χ4n) is 5.67. The van der Waals surface area contributed by atoms with Crippen molar-refractivity contribution < 1.29 is 18.7 Å². The summed E-state index contributed by atoms with van der Waals surface area (Å²) in [6.07, 6.45) is 7.18. The zero-order valence-electron chi connectivity index (χ0n) is 24.4. The molecule has 0 bridgehead atoms. The number of ether oxygens (including phenoxy) is 2. The molecule has 3 atom stereocenters. The Morgan fingerprint density at radius 2 is 1.32 bits per heavy atom. The Balaban J connectivity index is 1.61. The minimum absolute atomic E-state index is 0.0465. The summed E-state index contributed by atoms with van der Waals surface area (Å²) in [5.41, 5.74) is 1.13. The Kier molecular flexibility index (Phi) is 10.5. The minimum Gasteiger partial charge on any atom is -0.463 e. The molecule has 0 fully saturated rings. The van der Waals surface area contributed by atoms with E-state index in [9.17, 15) is 4.79 Å². The lowest BCUT2D eigenvalue weighted by Gasteiger charge is -2.45. The maximum Gasteiger partial charge on any atom is 0.306 e. The Morgan fingerprint density at radius 1 is 0.800 bits per heavy atom. The Bertz CT molecular complexity index is 1160. The second-order valence-corrected chi connectivity index (χ2v) is 16.1. The SMILES string of the molecule is C[C@@H]1C[C@@H](O[Si](c2ccccc2)(c2ccccc2)C(C)(C)C)C/C=C/CC(OCc2ccccc2)CCC(=O)O1. The summed E-state index contributed by atoms with van der Waals surface area (Å²) in [5.74, 6) is -0.172. The van der Waals surface area contributed by atoms with Gasteiger partial charge in [0.1, 0.15) is 6.10 Å². The highest BCUT2D eigenvalue weighted by Crippen LogP contribution is 2.38. The zero-order valence-corrected chi connectivity index (χ0v) is 25.4. The van der Waals surface area contributed by atoms with Gasteiger partial charge in [0.2, 0.25) is 0 Å². The molecule has 0 radical (unpaired) electrons. The second-order valence-electron chi connectivity index (χ2n) is 11.8. The highest BCUT2D eigenvalue weighted by Gasteiger charge is 2.51. The normalized spacial score (nSPS) is 22.0. The lowest BCUT2D eigenvalue weighted by atomic mass is 10.1. The maximum absolute atomic E-state index is 12.8. The summed E-state index contributed by atoms with van der Waals surface area (Å²) < 4.78 is 19.5. The van der Waals surface area contributed by atoms with Crippen LogP contribution in [0.4, 0.5) is 0 Å². The van der Waals surface area contributed by atoms with Crippen molar-refractivity contribution in [2.75, 3.05) is 0 Å². The van der Waals surface area contributed by atoms with Gasteiger partial charge in [-0.15, -0.1) is 0 Å². The van der Waals surface area contributed by atoms with Gasteiger partial charge in [-0.3, -0.25) is 4.79 Å². The third kappa shape index (κ3) is 7.81. The molecule has 1 unspecified atom stereocenters. The third-order valence-electron chi connectivity index (χ3n) is 7.65. The van der Waals surface area contributed by atoms with Crippen LogP contribution in [0.3, 0.4) is 0 Å². The van der Waals surface area contributed by atoms with Gasteiger partial charge in [0.15, 0.2) is 0 Å². The van der Waals surface area contributed by atoms with Crippen molar-refractivity contribution in [3.05, 3.63) is 109 Å². The van der Waals surface area contributed by atoms with E-state index in [-0.39, 0.29) is 29.3 Å². The van der Waals surface area contributed by atoms with E-state index in [1.54, 1.807) is 0 Å². The van der Waals surface area contributed by atoms with E-state index in [0.29, 0.717) is 25.9 Å². The second kappa shape index (κ2) is 14.1. The van der Waals surface area contributed by atoms with E-state index in [0.717, 1.165) is 18.4 Å². The third-order valence-corrected chi connectivity index (χ3v) is 12.7. The van der Waals surface area contributed by atoms with Gasteiger partial charge in [0.25, 0.3) is 8.32 Å². The van der Waals surface area contributed by atoms with E-state index in [1.165, 1.54) is 10.4 Å². The topological polar surface area (TPSA) is 44.8 Å². The van der Waals surface area contributed by atoms with Crippen LogP contribution in [0.15, 0.2) is 103 Å². The molecule has 4 rings (SSSR count). The highest BCUT2D eigenvalue weighted by molar-refractivity contribution is 6.99. The first-order valence-corrected chi connectivity index (χ1v) is 16.5. The number of carbonyl (C=O) groups excluding carboxylic acids is 1. The van der Waals surface area contributed by atoms with Crippen molar-refractivity contribution in [3.8, 4) is 0 Å². The smallest absolute Gasteiger partial charge is 0.306 e. The van der Waals surface area contributed by atoms with Crippen LogP contribution in [-0.4, -0.2) is 32.6 Å². The van der Waals surface area contributed by atoms with Crippen LogP contribution in [0.25, 0.3) is 0 Å². The van der Waals surface area contributed by atoms with Gasteiger partial charge in [-0.2, -0.15) is 0 Å². The molecule has 0 aliphatic carbocycles. The van der Waals surface area contributed by atoms with Crippen LogP contribution < -0.4 is 10.4 Å². The summed E-state index contributed by atoms with van der Waals surface area (Å²) in [7, 11) is -2.74. The maximum atomic E-state index is 12.8. The quantitative estimate of drug-likeness (QED) is 0.179. The lowest BCUT2D eigenvalue weighted by Crippen LogP contribution is -2.67. The molecule has 212 valence electrons. The molecular weight excluding hydrogens is 512 g/mol. The fraction of sp³-hybridized carbons (Fsp3) is 0.400. The highest BCUT2D eigenvalue weighted by atomic mass is 28.4. The molecular formula is C35H44O4Si. The molecule has 0 amide bonds. The van der Waals surface area contributed by atoms with Crippen molar-refractivity contribution in [1.82, 2.24) is 0 Å². The first-order valence-electron chi connectivity index (χ1n) is 14.6. The van der Waals surface area contributed by atoms with Crippen molar-refractivity contribution >= 4 is 24.7 Å². The Labute approximate surface area is 241 Å². The first kappa shape index (κ1) is 30.0. The Hall–Kier alpha value is -2.99. The first-order chi connectivity index (χ1) is 19.3. The van der Waals surface area contributed by atoms with Crippen molar-refractivity contribution in [2.45, 2.75) is 89.8 Å². The summed E-state index contributed by atoms with van der Waals surface area (Å²) in [6.45, 7) is 9.40. The van der Waals surface area contributed by atoms with E-state index >= 15 is 0 Å². The lowest BCUT2D eigenvalue weighted by molar-refractivity contribution is -0.150. The molecule has 0 saturated carbocycles. The summed E-state index contributed by atoms with van der Waals surface area (Å²) in [4.78, 5) is 12.8. The molecule has 0 aromatic heterocycles. The molecule has 1 aliphatic rings. The number of benzene rings is 3. The molecule has 3 aromatic rings. The van der Waals surface area contributed by atoms with Gasteiger partial charge in [-0.1, -0.05) is 124 Å². The molecule has 4 nitrogen and oxygen atoms in total. The van der Waals surface area contributed by atoms with Crippen molar-refractivity contribution in [3.63, 3.8) is 0 Å². The van der Waals surface area contributed by atoms with Crippen LogP contribution in [0.2, 0.25) is 5.04 Å². The number of hydrogen-bond donors (Lipinski definition) is 0. The summed E-state index contributed by atoms with van der Waals surface area (Å²) in [6, 6.07) is 31.6. The Morgan fingerprint density at radius 3 is 1.88 bits per heavy atom. The van der Waals surface area contributed by atoms with Gasteiger partial charge >= 0.3 is 5.97 Å². The van der Waals surface area contributed by atoms with Crippen LogP contribution >= 0.6 is 0 Å². The van der Waals surface area contributed by atoms with Gasteiger partial charge in [0.05, 0.1) is 18.8 Å². The molecule has 40 heavy (non-hydrogen) atoms. The molecule has 1 heterocycles. The predicted octanol–water partition coefficient (Wildman–Crippen LogP) is 6.97. The molecule has 1 aliphatic heterocycles. The van der Waals surface area contributed by atoms with E-state index in [1.807, 2.05) is 25.1 Å². The molecule has 5 heteroatoms. The number of rotatable bonds is 7. The van der Waals surface area contributed by atoms with Gasteiger partial charge < -0.3 is 13.9 Å². The minimum atomic E-state index is -2.74. The molecule has 0 saturated heterocycles. The average molecular weight is 557 g/mol. The van der Waals surface area contributed by atoms with Crippen LogP contribution in [0, 0.1) is 0 Å². The number of carbonyl (C=O) groups is 1. The standard InChI is InChI=1S/C35H44O4Si/c1-28-26-31(19-15-14-18-30(24-25-34(36)38-28)37-27-29-16-8-5-9-17-29)39-40(35(2,3)4,32-20-10-6-11-21-32)33-22-12-7-13-23-33/h5-17,20-23,28,30-31H,18-19,24-27H2,1-4H3/b15-14+/t28-,30?,31+/m1/s1. The average Bonchev–Trinajstić information content (AvgIpc) is 2.95. The van der Waals surface area contributed by atoms with Crippen molar-refractivity contribution in [1.29, 1.82) is 0 Å². The predicted molar refractivity (Wildman–Crippen MR) is 165 cm³/mol. The van der Waals surface area contributed by atoms with E-state index in [4.69, 9.17) is 13.9 Å². The summed E-state index contributed by atoms with van der Waals surface area (Å²) >= 11 is 0. The number of cyclic esters (lactones) is 1.